The molecule has 3 N–H and O–H groups in total. The molecule has 0 aromatic heterocycles. The fraction of sp³-hybridized carbons (Fsp3) is 0.250. The summed E-state index contributed by atoms with van der Waals surface area (Å²) in [6, 6.07) is 12.3. The zero-order chi connectivity index (χ0) is 14.8. The number of fused-ring (bicyclic) bond motifs is 1. The molecule has 4 nitrogen and oxygen atoms in total. The van der Waals surface area contributed by atoms with Crippen LogP contribution in [0.1, 0.15) is 17.2 Å². The van der Waals surface area contributed by atoms with E-state index in [0.717, 1.165) is 27.2 Å². The van der Waals surface area contributed by atoms with Crippen molar-refractivity contribution in [2.75, 3.05) is 18.7 Å². The van der Waals surface area contributed by atoms with Crippen molar-refractivity contribution in [2.24, 2.45) is 5.73 Å². The maximum absolute atomic E-state index is 5.94. The Morgan fingerprint density at radius 1 is 1.29 bits per heavy atom. The van der Waals surface area contributed by atoms with Gasteiger partial charge in [-0.2, -0.15) is 0 Å². The first-order valence-corrected chi connectivity index (χ1v) is 7.59. The minimum Gasteiger partial charge on any atom is -0.454 e. The number of benzene rings is 2. The molecule has 0 amide bonds. The van der Waals surface area contributed by atoms with E-state index in [4.69, 9.17) is 15.2 Å². The van der Waals surface area contributed by atoms with E-state index in [1.165, 1.54) is 5.56 Å². The molecule has 1 aliphatic rings. The van der Waals surface area contributed by atoms with Gasteiger partial charge in [0.05, 0.1) is 10.5 Å². The third-order valence-corrected chi connectivity index (χ3v) is 4.04. The van der Waals surface area contributed by atoms with Crippen molar-refractivity contribution in [2.45, 2.75) is 13.0 Å². The van der Waals surface area contributed by atoms with Crippen LogP contribution in [0.3, 0.4) is 0 Å². The number of hydrogen-bond donors (Lipinski definition) is 2. The summed E-state index contributed by atoms with van der Waals surface area (Å²) in [4.78, 5) is 0. The van der Waals surface area contributed by atoms with Gasteiger partial charge in [0.25, 0.3) is 0 Å². The van der Waals surface area contributed by atoms with Gasteiger partial charge in [0.15, 0.2) is 11.5 Å². The van der Waals surface area contributed by atoms with Gasteiger partial charge in [0, 0.05) is 12.2 Å². The normalized spacial score (nSPS) is 14.0. The highest BCUT2D eigenvalue weighted by Gasteiger charge is 2.21. The molecular formula is C16H17BrN2O2. The third-order valence-electron chi connectivity index (χ3n) is 3.45. The van der Waals surface area contributed by atoms with E-state index >= 15 is 0 Å². The van der Waals surface area contributed by atoms with Gasteiger partial charge < -0.3 is 20.5 Å². The summed E-state index contributed by atoms with van der Waals surface area (Å²) in [6.45, 7) is 2.82. The summed E-state index contributed by atoms with van der Waals surface area (Å²) in [6.07, 6.45) is 0. The van der Waals surface area contributed by atoms with Crippen LogP contribution in [-0.4, -0.2) is 13.3 Å². The summed E-state index contributed by atoms with van der Waals surface area (Å²) < 4.78 is 11.8. The fourth-order valence-corrected chi connectivity index (χ4v) is 2.98. The fourth-order valence-electron chi connectivity index (χ4n) is 2.40. The molecule has 0 bridgehead atoms. The zero-order valence-electron chi connectivity index (χ0n) is 11.7. The molecule has 0 radical (unpaired) electrons. The molecule has 1 aliphatic heterocycles. The van der Waals surface area contributed by atoms with E-state index in [0.29, 0.717) is 6.54 Å². The molecule has 0 aliphatic carbocycles. The Bertz CT molecular complexity index is 661. The number of halogens is 1. The summed E-state index contributed by atoms with van der Waals surface area (Å²) in [5.41, 5.74) is 9.27. The first kappa shape index (κ1) is 14.2. The zero-order valence-corrected chi connectivity index (χ0v) is 13.3. The quantitative estimate of drug-likeness (QED) is 0.886. The van der Waals surface area contributed by atoms with E-state index in [2.05, 4.69) is 40.3 Å². The predicted octanol–water partition coefficient (Wildman–Crippen LogP) is 3.60. The number of nitrogens with one attached hydrogen (secondary N) is 1. The maximum Gasteiger partial charge on any atom is 0.231 e. The highest BCUT2D eigenvalue weighted by molar-refractivity contribution is 9.10. The third kappa shape index (κ3) is 2.99. The summed E-state index contributed by atoms with van der Waals surface area (Å²) >= 11 is 3.52. The van der Waals surface area contributed by atoms with Crippen molar-refractivity contribution in [1.29, 1.82) is 0 Å². The molecule has 1 atom stereocenters. The average Bonchev–Trinajstić information content (AvgIpc) is 2.93. The SMILES string of the molecule is Cc1cccc(NC(CN)c2cc(Br)c3c(c2)OCO3)c1. The smallest absolute Gasteiger partial charge is 0.231 e. The monoisotopic (exact) mass is 348 g/mol. The largest absolute Gasteiger partial charge is 0.454 e. The first-order chi connectivity index (χ1) is 10.2. The minimum atomic E-state index is 0.0117. The van der Waals surface area contributed by atoms with Crippen molar-refractivity contribution in [1.82, 2.24) is 0 Å². The van der Waals surface area contributed by atoms with Crippen LogP contribution in [0.5, 0.6) is 11.5 Å². The van der Waals surface area contributed by atoms with E-state index in [1.54, 1.807) is 0 Å². The highest BCUT2D eigenvalue weighted by atomic mass is 79.9. The summed E-state index contributed by atoms with van der Waals surface area (Å²) in [5, 5.41) is 3.46. The molecule has 2 aromatic rings. The second-order valence-electron chi connectivity index (χ2n) is 5.04. The maximum atomic E-state index is 5.94. The number of nitrogens with two attached hydrogens (primary N) is 1. The molecule has 5 heteroatoms. The lowest BCUT2D eigenvalue weighted by molar-refractivity contribution is 0.173. The van der Waals surface area contributed by atoms with Gasteiger partial charge in [-0.05, 0) is 58.2 Å². The number of anilines is 1. The highest BCUT2D eigenvalue weighted by Crippen LogP contribution is 2.41. The molecule has 3 rings (SSSR count). The molecule has 0 saturated heterocycles. The Kier molecular flexibility index (Phi) is 4.03. The van der Waals surface area contributed by atoms with Crippen LogP contribution in [0, 0.1) is 6.92 Å². The Hall–Kier alpha value is -1.72. The van der Waals surface area contributed by atoms with Crippen LogP contribution in [0.2, 0.25) is 0 Å². The summed E-state index contributed by atoms with van der Waals surface area (Å²) in [7, 11) is 0. The standard InChI is InChI=1S/C16H17BrN2O2/c1-10-3-2-4-12(5-10)19-14(8-18)11-6-13(17)16-15(7-11)20-9-21-16/h2-7,14,19H,8-9,18H2,1H3. The lowest BCUT2D eigenvalue weighted by Gasteiger charge is -2.19. The Balaban J connectivity index is 1.88. The van der Waals surface area contributed by atoms with Gasteiger partial charge >= 0.3 is 0 Å². The molecular weight excluding hydrogens is 332 g/mol. The van der Waals surface area contributed by atoms with E-state index in [-0.39, 0.29) is 12.8 Å². The Morgan fingerprint density at radius 3 is 2.90 bits per heavy atom. The van der Waals surface area contributed by atoms with Crippen molar-refractivity contribution in [3.05, 3.63) is 52.0 Å². The lowest BCUT2D eigenvalue weighted by Crippen LogP contribution is -2.20. The lowest BCUT2D eigenvalue weighted by atomic mass is 10.1. The van der Waals surface area contributed by atoms with Gasteiger partial charge in [-0.15, -0.1) is 0 Å². The second-order valence-corrected chi connectivity index (χ2v) is 5.89. The molecule has 1 unspecified atom stereocenters. The minimum absolute atomic E-state index is 0.0117. The van der Waals surface area contributed by atoms with Crippen LogP contribution in [-0.2, 0) is 0 Å². The molecule has 110 valence electrons. The van der Waals surface area contributed by atoms with E-state index < -0.39 is 0 Å². The molecule has 0 spiro atoms. The van der Waals surface area contributed by atoms with Crippen molar-refractivity contribution < 1.29 is 9.47 Å². The van der Waals surface area contributed by atoms with Crippen LogP contribution in [0.4, 0.5) is 5.69 Å². The Morgan fingerprint density at radius 2 is 2.14 bits per heavy atom. The number of aryl methyl sites for hydroxylation is 1. The topological polar surface area (TPSA) is 56.5 Å². The van der Waals surface area contributed by atoms with Gasteiger partial charge in [-0.1, -0.05) is 12.1 Å². The van der Waals surface area contributed by atoms with Crippen LogP contribution < -0.4 is 20.5 Å². The number of rotatable bonds is 4. The van der Waals surface area contributed by atoms with E-state index in [9.17, 15) is 0 Å². The van der Waals surface area contributed by atoms with Crippen LogP contribution in [0.15, 0.2) is 40.9 Å². The van der Waals surface area contributed by atoms with Crippen molar-refractivity contribution in [3.8, 4) is 11.5 Å². The van der Waals surface area contributed by atoms with Gasteiger partial charge in [-0.3, -0.25) is 0 Å². The molecule has 0 saturated carbocycles. The molecule has 0 fully saturated rings. The van der Waals surface area contributed by atoms with E-state index in [1.807, 2.05) is 24.3 Å². The average molecular weight is 349 g/mol. The first-order valence-electron chi connectivity index (χ1n) is 6.79. The van der Waals surface area contributed by atoms with Crippen LogP contribution >= 0.6 is 15.9 Å². The molecule has 21 heavy (non-hydrogen) atoms. The van der Waals surface area contributed by atoms with Crippen molar-refractivity contribution in [3.63, 3.8) is 0 Å². The Labute approximate surface area is 132 Å². The summed E-state index contributed by atoms with van der Waals surface area (Å²) in [5.74, 6) is 1.51. The van der Waals surface area contributed by atoms with Gasteiger partial charge in [0.2, 0.25) is 6.79 Å². The number of ether oxygens (including phenoxy) is 2. The predicted molar refractivity (Wildman–Crippen MR) is 86.9 cm³/mol. The van der Waals surface area contributed by atoms with Crippen molar-refractivity contribution >= 4 is 21.6 Å². The molecule has 1 heterocycles. The number of hydrogen-bond acceptors (Lipinski definition) is 4. The van der Waals surface area contributed by atoms with Gasteiger partial charge in [-0.25, -0.2) is 0 Å². The van der Waals surface area contributed by atoms with Crippen LogP contribution in [0.25, 0.3) is 0 Å². The van der Waals surface area contributed by atoms with Gasteiger partial charge in [0.1, 0.15) is 0 Å². The molecule has 2 aromatic carbocycles. The second kappa shape index (κ2) is 5.95.